The molecule has 0 saturated carbocycles. The van der Waals surface area contributed by atoms with Gasteiger partial charge in [-0.05, 0) is 13.8 Å². The third-order valence-corrected chi connectivity index (χ3v) is 2.44. The SMILES string of the molecule is CC(CN1CCOCC1)NC(=O)[C@H](C)N.Cl.Cl. The summed E-state index contributed by atoms with van der Waals surface area (Å²) in [6.07, 6.45) is 0. The summed E-state index contributed by atoms with van der Waals surface area (Å²) >= 11 is 0. The monoisotopic (exact) mass is 287 g/mol. The molecule has 17 heavy (non-hydrogen) atoms. The number of amides is 1. The maximum Gasteiger partial charge on any atom is 0.236 e. The molecule has 1 rings (SSSR count). The van der Waals surface area contributed by atoms with Gasteiger partial charge in [-0.1, -0.05) is 0 Å². The summed E-state index contributed by atoms with van der Waals surface area (Å²) in [7, 11) is 0. The van der Waals surface area contributed by atoms with Crippen molar-refractivity contribution < 1.29 is 9.53 Å². The molecule has 1 heterocycles. The Morgan fingerprint density at radius 2 is 1.88 bits per heavy atom. The summed E-state index contributed by atoms with van der Waals surface area (Å²) < 4.78 is 5.25. The second kappa shape index (κ2) is 9.91. The molecule has 7 heteroatoms. The van der Waals surface area contributed by atoms with Gasteiger partial charge in [0.1, 0.15) is 0 Å². The number of hydrogen-bond donors (Lipinski definition) is 2. The maximum atomic E-state index is 11.3. The number of hydrogen-bond acceptors (Lipinski definition) is 4. The first-order valence-corrected chi connectivity index (χ1v) is 5.45. The summed E-state index contributed by atoms with van der Waals surface area (Å²) in [5.74, 6) is -0.0873. The third-order valence-electron chi connectivity index (χ3n) is 2.44. The molecule has 1 amide bonds. The predicted octanol–water partition coefficient (Wildman–Crippen LogP) is 0.0141. The standard InChI is InChI=1S/C10H21N3O2.2ClH/c1-8(12-10(14)9(2)11)7-13-3-5-15-6-4-13;;/h8-9H,3-7,11H2,1-2H3,(H,12,14);2*1H/t8?,9-;;/m0../s1. The molecule has 2 atom stereocenters. The molecular formula is C10H23Cl2N3O2. The number of carbonyl (C=O) groups excluding carboxylic acids is 1. The lowest BCUT2D eigenvalue weighted by molar-refractivity contribution is -0.122. The zero-order chi connectivity index (χ0) is 11.3. The van der Waals surface area contributed by atoms with Crippen molar-refractivity contribution in [2.75, 3.05) is 32.8 Å². The summed E-state index contributed by atoms with van der Waals surface area (Å²) in [4.78, 5) is 13.6. The molecular weight excluding hydrogens is 265 g/mol. The Kier molecular flexibility index (Phi) is 11.2. The van der Waals surface area contributed by atoms with Crippen LogP contribution in [-0.2, 0) is 9.53 Å². The number of carbonyl (C=O) groups is 1. The van der Waals surface area contributed by atoms with Crippen molar-refractivity contribution in [1.82, 2.24) is 10.2 Å². The van der Waals surface area contributed by atoms with Crippen LogP contribution in [0, 0.1) is 0 Å². The smallest absolute Gasteiger partial charge is 0.236 e. The van der Waals surface area contributed by atoms with Gasteiger partial charge in [0.15, 0.2) is 0 Å². The first-order chi connectivity index (χ1) is 7.09. The molecule has 1 unspecified atom stereocenters. The van der Waals surface area contributed by atoms with Crippen LogP contribution in [0.25, 0.3) is 0 Å². The maximum absolute atomic E-state index is 11.3. The van der Waals surface area contributed by atoms with Crippen molar-refractivity contribution in [3.63, 3.8) is 0 Å². The first kappa shape index (κ1) is 19.3. The van der Waals surface area contributed by atoms with E-state index in [1.165, 1.54) is 0 Å². The largest absolute Gasteiger partial charge is 0.379 e. The van der Waals surface area contributed by atoms with Gasteiger partial charge >= 0.3 is 0 Å². The van der Waals surface area contributed by atoms with Crippen LogP contribution in [0.1, 0.15) is 13.8 Å². The van der Waals surface area contributed by atoms with Crippen LogP contribution in [0.4, 0.5) is 0 Å². The van der Waals surface area contributed by atoms with E-state index in [0.29, 0.717) is 0 Å². The predicted molar refractivity (Wildman–Crippen MR) is 73.0 cm³/mol. The van der Waals surface area contributed by atoms with Gasteiger partial charge in [-0.3, -0.25) is 9.69 Å². The zero-order valence-corrected chi connectivity index (χ0v) is 12.0. The number of nitrogens with two attached hydrogens (primary N) is 1. The van der Waals surface area contributed by atoms with Crippen molar-refractivity contribution >= 4 is 30.7 Å². The van der Waals surface area contributed by atoms with E-state index in [1.54, 1.807) is 6.92 Å². The summed E-state index contributed by atoms with van der Waals surface area (Å²) in [5, 5.41) is 2.88. The number of rotatable bonds is 4. The van der Waals surface area contributed by atoms with Crippen molar-refractivity contribution in [1.29, 1.82) is 0 Å². The molecule has 1 aliphatic heterocycles. The molecule has 1 saturated heterocycles. The Bertz CT molecular complexity index is 212. The van der Waals surface area contributed by atoms with Gasteiger partial charge in [-0.15, -0.1) is 24.8 Å². The second-order valence-electron chi connectivity index (χ2n) is 4.11. The molecule has 1 fully saturated rings. The van der Waals surface area contributed by atoms with Crippen LogP contribution in [0.5, 0.6) is 0 Å². The minimum atomic E-state index is -0.433. The van der Waals surface area contributed by atoms with Gasteiger partial charge < -0.3 is 15.8 Å². The molecule has 0 radical (unpaired) electrons. The summed E-state index contributed by atoms with van der Waals surface area (Å²) in [6.45, 7) is 8.01. The highest BCUT2D eigenvalue weighted by Gasteiger charge is 2.16. The van der Waals surface area contributed by atoms with Crippen LogP contribution < -0.4 is 11.1 Å². The average Bonchev–Trinajstić information content (AvgIpc) is 2.18. The van der Waals surface area contributed by atoms with E-state index in [2.05, 4.69) is 10.2 Å². The van der Waals surface area contributed by atoms with Crippen molar-refractivity contribution in [2.45, 2.75) is 25.9 Å². The number of nitrogens with zero attached hydrogens (tertiary/aromatic N) is 1. The van der Waals surface area contributed by atoms with E-state index >= 15 is 0 Å². The van der Waals surface area contributed by atoms with Gasteiger partial charge in [0.2, 0.25) is 5.91 Å². The van der Waals surface area contributed by atoms with Gasteiger partial charge in [0, 0.05) is 25.7 Å². The second-order valence-corrected chi connectivity index (χ2v) is 4.11. The first-order valence-electron chi connectivity index (χ1n) is 5.45. The number of ether oxygens (including phenoxy) is 1. The minimum Gasteiger partial charge on any atom is -0.379 e. The Balaban J connectivity index is 0. The molecule has 0 aromatic rings. The lowest BCUT2D eigenvalue weighted by atomic mass is 10.2. The third kappa shape index (κ3) is 7.78. The lowest BCUT2D eigenvalue weighted by Gasteiger charge is -2.29. The number of morpholine rings is 1. The van der Waals surface area contributed by atoms with Crippen molar-refractivity contribution in [3.05, 3.63) is 0 Å². The Morgan fingerprint density at radius 3 is 2.35 bits per heavy atom. The fourth-order valence-electron chi connectivity index (χ4n) is 1.59. The highest BCUT2D eigenvalue weighted by Crippen LogP contribution is 1.98. The molecule has 3 N–H and O–H groups in total. The fraction of sp³-hybridized carbons (Fsp3) is 0.900. The molecule has 1 aliphatic rings. The van der Waals surface area contributed by atoms with Crippen LogP contribution in [0.2, 0.25) is 0 Å². The van der Waals surface area contributed by atoms with Gasteiger partial charge in [0.25, 0.3) is 0 Å². The van der Waals surface area contributed by atoms with Crippen LogP contribution >= 0.6 is 24.8 Å². The van der Waals surface area contributed by atoms with E-state index < -0.39 is 6.04 Å². The highest BCUT2D eigenvalue weighted by atomic mass is 35.5. The Labute approximate surface area is 115 Å². The lowest BCUT2D eigenvalue weighted by Crippen LogP contribution is -2.49. The molecule has 0 bridgehead atoms. The van der Waals surface area contributed by atoms with Gasteiger partial charge in [-0.2, -0.15) is 0 Å². The molecule has 104 valence electrons. The molecule has 0 aliphatic carbocycles. The fourth-order valence-corrected chi connectivity index (χ4v) is 1.59. The van der Waals surface area contributed by atoms with Gasteiger partial charge in [0.05, 0.1) is 19.3 Å². The van der Waals surface area contributed by atoms with E-state index in [1.807, 2.05) is 6.92 Å². The van der Waals surface area contributed by atoms with Crippen molar-refractivity contribution in [2.24, 2.45) is 5.73 Å². The van der Waals surface area contributed by atoms with Crippen molar-refractivity contribution in [3.8, 4) is 0 Å². The molecule has 0 aromatic heterocycles. The quantitative estimate of drug-likeness (QED) is 0.765. The van der Waals surface area contributed by atoms with Crippen LogP contribution in [0.15, 0.2) is 0 Å². The van der Waals surface area contributed by atoms with Crippen LogP contribution in [-0.4, -0.2) is 55.7 Å². The number of halogens is 2. The zero-order valence-electron chi connectivity index (χ0n) is 10.3. The Hall–Kier alpha value is -0.0700. The van der Waals surface area contributed by atoms with E-state index in [-0.39, 0.29) is 36.8 Å². The topological polar surface area (TPSA) is 67.6 Å². The minimum absolute atomic E-state index is 0. The molecule has 0 spiro atoms. The highest BCUT2D eigenvalue weighted by molar-refractivity contribution is 5.85. The van der Waals surface area contributed by atoms with E-state index in [9.17, 15) is 4.79 Å². The molecule has 5 nitrogen and oxygen atoms in total. The number of nitrogens with one attached hydrogen (secondary N) is 1. The summed E-state index contributed by atoms with van der Waals surface area (Å²) in [5.41, 5.74) is 5.47. The Morgan fingerprint density at radius 1 is 1.35 bits per heavy atom. The van der Waals surface area contributed by atoms with E-state index in [0.717, 1.165) is 32.8 Å². The van der Waals surface area contributed by atoms with Crippen LogP contribution in [0.3, 0.4) is 0 Å². The van der Waals surface area contributed by atoms with E-state index in [4.69, 9.17) is 10.5 Å². The van der Waals surface area contributed by atoms with Gasteiger partial charge in [-0.25, -0.2) is 0 Å². The molecule has 0 aromatic carbocycles. The summed E-state index contributed by atoms with van der Waals surface area (Å²) in [6, 6.07) is -0.293. The average molecular weight is 288 g/mol. The normalized spacial score (nSPS) is 19.5.